The summed E-state index contributed by atoms with van der Waals surface area (Å²) in [7, 11) is -0.0307. The van der Waals surface area contributed by atoms with Crippen molar-refractivity contribution in [2.45, 2.75) is 28.8 Å². The molecule has 6 aromatic rings. The minimum Gasteiger partial charge on any atom is -0.369 e. The fraction of sp³-hybridized carbons (Fsp3) is 0.256. The quantitative estimate of drug-likeness (QED) is 0.111. The number of benzene rings is 5. The van der Waals surface area contributed by atoms with Gasteiger partial charge in [-0.05, 0) is 110 Å². The first kappa shape index (κ1) is 38.6. The predicted octanol–water partition coefficient (Wildman–Crippen LogP) is 8.08. The summed E-state index contributed by atoms with van der Waals surface area (Å²) in [6.07, 6.45) is 2.69. The molecule has 2 heterocycles. The highest BCUT2D eigenvalue weighted by Gasteiger charge is 2.23. The van der Waals surface area contributed by atoms with E-state index in [4.69, 9.17) is 11.6 Å². The molecule has 55 heavy (non-hydrogen) atoms. The number of hydrogen-bond acceptors (Lipinski definition) is 8. The summed E-state index contributed by atoms with van der Waals surface area (Å²) >= 11 is 7.92. The number of hydrogen-bond donors (Lipinski definition) is 1. The van der Waals surface area contributed by atoms with Crippen LogP contribution in [0.2, 0.25) is 5.02 Å². The highest BCUT2D eigenvalue weighted by Crippen LogP contribution is 2.30. The van der Waals surface area contributed by atoms with Crippen molar-refractivity contribution in [1.29, 1.82) is 0 Å². The number of anilines is 1. The minimum absolute atomic E-state index is 0.00705. The molecule has 5 aromatic carbocycles. The Bertz CT molecular complexity index is 2330. The zero-order chi connectivity index (χ0) is 38.4. The maximum atomic E-state index is 13.4. The normalized spacial score (nSPS) is 14.4. The molecule has 0 saturated carbocycles. The Kier molecular flexibility index (Phi) is 12.2. The largest absolute Gasteiger partial charge is 0.369 e. The molecule has 9 nitrogen and oxygen atoms in total. The molecule has 1 atom stereocenters. The topological polar surface area (TPSA) is 90.8 Å². The number of carbonyl (C=O) groups excluding carboxylic acids is 1. The molecule has 1 amide bonds. The van der Waals surface area contributed by atoms with E-state index in [9.17, 15) is 13.2 Å². The Labute approximate surface area is 333 Å². The van der Waals surface area contributed by atoms with E-state index >= 15 is 0 Å². The molecule has 0 aliphatic carbocycles. The van der Waals surface area contributed by atoms with E-state index in [0.29, 0.717) is 5.52 Å². The van der Waals surface area contributed by atoms with Crippen LogP contribution in [-0.4, -0.2) is 86.2 Å². The number of imidazole rings is 1. The standard InChI is InChI=1S/C43H45ClN6O3S2/c1-47(2)23-22-37(30-54-38-9-4-3-5-10-38)50-31-45-41-28-39(20-21-42(41)50)55(52,53)46-43(51)33-14-18-36(19-15-33)49-26-24-48(25-27-49)29-34-8-6-7-11-40(34)32-12-16-35(44)17-13-32/h3-21,28,31,37H,22-27,29-30H2,1-2H3,(H,46,51)/t37-/m1/s1. The van der Waals surface area contributed by atoms with E-state index in [1.165, 1.54) is 22.1 Å². The number of carbonyl (C=O) groups is 1. The number of fused-ring (bicyclic) bond motifs is 1. The number of piperazine rings is 1. The van der Waals surface area contributed by atoms with Gasteiger partial charge < -0.3 is 14.4 Å². The second-order valence-corrected chi connectivity index (χ2v) is 17.3. The van der Waals surface area contributed by atoms with Crippen molar-refractivity contribution in [2.75, 3.05) is 57.5 Å². The van der Waals surface area contributed by atoms with Gasteiger partial charge in [-0.2, -0.15) is 0 Å². The van der Waals surface area contributed by atoms with Crippen LogP contribution >= 0.6 is 23.4 Å². The smallest absolute Gasteiger partial charge is 0.264 e. The number of sulfonamides is 1. The molecule has 1 saturated heterocycles. The molecule has 12 heteroatoms. The summed E-state index contributed by atoms with van der Waals surface area (Å²) in [5.41, 5.74) is 6.31. The van der Waals surface area contributed by atoms with Crippen molar-refractivity contribution in [3.05, 3.63) is 144 Å². The lowest BCUT2D eigenvalue weighted by molar-refractivity contribution is 0.0981. The first-order chi connectivity index (χ1) is 26.6. The summed E-state index contributed by atoms with van der Waals surface area (Å²) < 4.78 is 31.3. The lowest BCUT2D eigenvalue weighted by atomic mass is 9.99. The van der Waals surface area contributed by atoms with Gasteiger partial charge in [-0.1, -0.05) is 66.2 Å². The summed E-state index contributed by atoms with van der Waals surface area (Å²) in [4.78, 5) is 25.9. The highest BCUT2D eigenvalue weighted by atomic mass is 35.5. The van der Waals surface area contributed by atoms with Crippen molar-refractivity contribution in [2.24, 2.45) is 0 Å². The van der Waals surface area contributed by atoms with Gasteiger partial charge in [-0.15, -0.1) is 11.8 Å². The molecule has 1 N–H and O–H groups in total. The maximum absolute atomic E-state index is 13.4. The predicted molar refractivity (Wildman–Crippen MR) is 225 cm³/mol. The van der Waals surface area contributed by atoms with Gasteiger partial charge in [0.2, 0.25) is 0 Å². The van der Waals surface area contributed by atoms with Crippen LogP contribution in [0.3, 0.4) is 0 Å². The molecule has 1 aliphatic rings. The molecule has 0 unspecified atom stereocenters. The van der Waals surface area contributed by atoms with Gasteiger partial charge in [0.05, 0.1) is 22.3 Å². The third kappa shape index (κ3) is 9.60. The molecule has 0 radical (unpaired) electrons. The SMILES string of the molecule is CN(C)CC[C@H](CSc1ccccc1)n1cnc2cc(S(=O)(=O)NC(=O)c3ccc(N4CCN(Cc5ccccc5-c5ccc(Cl)cc5)CC4)cc3)ccc21. The van der Waals surface area contributed by atoms with Gasteiger partial charge >= 0.3 is 0 Å². The number of nitrogens with zero attached hydrogens (tertiary/aromatic N) is 5. The lowest BCUT2D eigenvalue weighted by Crippen LogP contribution is -2.46. The first-order valence-corrected chi connectivity index (χ1v) is 21.3. The lowest BCUT2D eigenvalue weighted by Gasteiger charge is -2.36. The number of amides is 1. The van der Waals surface area contributed by atoms with E-state index in [2.05, 4.69) is 91.6 Å². The van der Waals surface area contributed by atoms with Crippen molar-refractivity contribution in [3.8, 4) is 11.1 Å². The molecule has 0 spiro atoms. The number of aromatic nitrogens is 2. The van der Waals surface area contributed by atoms with Crippen molar-refractivity contribution in [3.63, 3.8) is 0 Å². The van der Waals surface area contributed by atoms with Crippen molar-refractivity contribution >= 4 is 56.0 Å². The van der Waals surface area contributed by atoms with Crippen LogP contribution in [0.4, 0.5) is 5.69 Å². The fourth-order valence-electron chi connectivity index (χ4n) is 6.93. The van der Waals surface area contributed by atoms with E-state index in [0.717, 1.165) is 73.2 Å². The average molecular weight is 793 g/mol. The van der Waals surface area contributed by atoms with Gasteiger partial charge in [0.25, 0.3) is 15.9 Å². The van der Waals surface area contributed by atoms with Gasteiger partial charge in [0, 0.05) is 65.7 Å². The van der Waals surface area contributed by atoms with E-state index in [1.54, 1.807) is 42.4 Å². The molecule has 284 valence electrons. The highest BCUT2D eigenvalue weighted by molar-refractivity contribution is 7.99. The minimum atomic E-state index is -4.14. The maximum Gasteiger partial charge on any atom is 0.264 e. The molecule has 1 aliphatic heterocycles. The van der Waals surface area contributed by atoms with E-state index < -0.39 is 15.9 Å². The van der Waals surface area contributed by atoms with E-state index in [1.807, 2.05) is 42.5 Å². The van der Waals surface area contributed by atoms with Gasteiger partial charge in [0.1, 0.15) is 0 Å². The molecular weight excluding hydrogens is 748 g/mol. The molecule has 1 aromatic heterocycles. The van der Waals surface area contributed by atoms with Crippen LogP contribution in [0, 0.1) is 0 Å². The average Bonchev–Trinajstić information content (AvgIpc) is 3.62. The Morgan fingerprint density at radius 3 is 2.31 bits per heavy atom. The monoisotopic (exact) mass is 792 g/mol. The number of rotatable bonds is 14. The van der Waals surface area contributed by atoms with Gasteiger partial charge in [0.15, 0.2) is 0 Å². The van der Waals surface area contributed by atoms with Crippen molar-refractivity contribution < 1.29 is 13.2 Å². The molecule has 0 bridgehead atoms. The second kappa shape index (κ2) is 17.4. The Hall–Kier alpha value is -4.65. The van der Waals surface area contributed by atoms with Crippen LogP contribution in [0.25, 0.3) is 22.2 Å². The van der Waals surface area contributed by atoms with Crippen LogP contribution in [0.15, 0.2) is 137 Å². The van der Waals surface area contributed by atoms with Crippen LogP contribution in [0.1, 0.15) is 28.4 Å². The third-order valence-electron chi connectivity index (χ3n) is 10.0. The summed E-state index contributed by atoms with van der Waals surface area (Å²) in [5.74, 6) is 0.165. The molecular formula is C43H45ClN6O3S2. The number of halogens is 1. The zero-order valence-electron chi connectivity index (χ0n) is 31.0. The van der Waals surface area contributed by atoms with Crippen LogP contribution < -0.4 is 9.62 Å². The fourth-order valence-corrected chi connectivity index (χ4v) is 9.11. The van der Waals surface area contributed by atoms with Gasteiger partial charge in [-0.3, -0.25) is 9.69 Å². The number of thioether (sulfide) groups is 1. The molecule has 7 rings (SSSR count). The van der Waals surface area contributed by atoms with Gasteiger partial charge in [-0.25, -0.2) is 18.1 Å². The summed E-state index contributed by atoms with van der Waals surface area (Å²) in [6, 6.07) is 38.9. The number of nitrogens with one attached hydrogen (secondary N) is 1. The Morgan fingerprint density at radius 2 is 1.58 bits per heavy atom. The molecule has 1 fully saturated rings. The van der Waals surface area contributed by atoms with Crippen molar-refractivity contribution in [1.82, 2.24) is 24.1 Å². The second-order valence-electron chi connectivity index (χ2n) is 14.1. The Morgan fingerprint density at radius 1 is 0.873 bits per heavy atom. The third-order valence-corrected chi connectivity index (χ3v) is 12.7. The zero-order valence-corrected chi connectivity index (χ0v) is 33.4. The first-order valence-electron chi connectivity index (χ1n) is 18.4. The van der Waals surface area contributed by atoms with Crippen LogP contribution in [-0.2, 0) is 16.6 Å². The summed E-state index contributed by atoms with van der Waals surface area (Å²) in [5, 5.41) is 0.725. The van der Waals surface area contributed by atoms with Crippen LogP contribution in [0.5, 0.6) is 0 Å². The summed E-state index contributed by atoms with van der Waals surface area (Å²) in [6.45, 7) is 5.20. The Balaban J connectivity index is 0.961. The van der Waals surface area contributed by atoms with E-state index in [-0.39, 0.29) is 16.5 Å².